The number of hydrogen-bond acceptors (Lipinski definition) is 1. The van der Waals surface area contributed by atoms with Gasteiger partial charge in [-0.25, -0.2) is 0 Å². The Bertz CT molecular complexity index is 335. The molecule has 0 aromatic heterocycles. The van der Waals surface area contributed by atoms with Gasteiger partial charge >= 0.3 is 0 Å². The van der Waals surface area contributed by atoms with Gasteiger partial charge in [0.15, 0.2) is 0 Å². The lowest BCUT2D eigenvalue weighted by molar-refractivity contribution is -0.122. The highest BCUT2D eigenvalue weighted by Crippen LogP contribution is 2.66. The van der Waals surface area contributed by atoms with Gasteiger partial charge in [-0.2, -0.15) is 0 Å². The van der Waals surface area contributed by atoms with Gasteiger partial charge in [0.1, 0.15) is 0 Å². The summed E-state index contributed by atoms with van der Waals surface area (Å²) in [5.74, 6) is 5.03. The number of fused-ring (bicyclic) bond motifs is 1. The second-order valence-corrected chi connectivity index (χ2v) is 7.34. The van der Waals surface area contributed by atoms with Crippen LogP contribution >= 0.6 is 0 Å². The van der Waals surface area contributed by atoms with E-state index in [0.29, 0.717) is 11.9 Å². The molecule has 100 valence electrons. The van der Waals surface area contributed by atoms with Crippen LogP contribution in [0.25, 0.3) is 0 Å². The van der Waals surface area contributed by atoms with E-state index in [4.69, 9.17) is 0 Å². The summed E-state index contributed by atoms with van der Waals surface area (Å²) in [6, 6.07) is 0.559. The van der Waals surface area contributed by atoms with Crippen LogP contribution in [0.2, 0.25) is 0 Å². The maximum Gasteiger partial charge on any atom is 0.220 e. The van der Waals surface area contributed by atoms with E-state index in [0.717, 1.165) is 42.4 Å². The molecule has 18 heavy (non-hydrogen) atoms. The Morgan fingerprint density at radius 3 is 2.44 bits per heavy atom. The number of amides is 1. The Morgan fingerprint density at radius 2 is 1.78 bits per heavy atom. The highest BCUT2D eigenvalue weighted by atomic mass is 16.1. The second-order valence-electron chi connectivity index (χ2n) is 7.34. The third-order valence-electron chi connectivity index (χ3n) is 6.26. The molecule has 0 heterocycles. The predicted molar refractivity (Wildman–Crippen MR) is 70.9 cm³/mol. The van der Waals surface area contributed by atoms with E-state index in [1.54, 1.807) is 0 Å². The third-order valence-corrected chi connectivity index (χ3v) is 6.26. The minimum atomic E-state index is 0.346. The largest absolute Gasteiger partial charge is 0.353 e. The van der Waals surface area contributed by atoms with E-state index in [1.165, 1.54) is 44.9 Å². The average molecular weight is 247 g/mol. The lowest BCUT2D eigenvalue weighted by Crippen LogP contribution is -2.42. The molecule has 3 atom stereocenters. The van der Waals surface area contributed by atoms with Crippen LogP contribution in [-0.4, -0.2) is 11.9 Å². The number of carbonyl (C=O) groups excluding carboxylic acids is 1. The van der Waals surface area contributed by atoms with Crippen molar-refractivity contribution in [3.05, 3.63) is 0 Å². The van der Waals surface area contributed by atoms with Gasteiger partial charge in [0.25, 0.3) is 0 Å². The minimum absolute atomic E-state index is 0.346. The van der Waals surface area contributed by atoms with Gasteiger partial charge < -0.3 is 5.32 Å². The van der Waals surface area contributed by atoms with Crippen molar-refractivity contribution in [2.75, 3.05) is 0 Å². The maximum atomic E-state index is 12.0. The molecule has 1 N–H and O–H groups in total. The number of hydrogen-bond donors (Lipinski definition) is 1. The minimum Gasteiger partial charge on any atom is -0.353 e. The molecule has 5 rings (SSSR count). The van der Waals surface area contributed by atoms with Gasteiger partial charge in [0.2, 0.25) is 5.91 Å². The lowest BCUT2D eigenvalue weighted by Gasteiger charge is -2.31. The zero-order chi connectivity index (χ0) is 12.1. The summed E-state index contributed by atoms with van der Waals surface area (Å²) in [7, 11) is 0. The summed E-state index contributed by atoms with van der Waals surface area (Å²) in [5, 5.41) is 3.36. The number of rotatable bonds is 4. The normalized spacial score (nSPS) is 45.2. The van der Waals surface area contributed by atoms with Crippen molar-refractivity contribution in [2.45, 2.75) is 63.8 Å². The molecule has 5 saturated carbocycles. The SMILES string of the molecule is O=C(CCC1CCCC1)NC1CC2CC3C(C2)C13. The summed E-state index contributed by atoms with van der Waals surface area (Å²) in [6.45, 7) is 0. The van der Waals surface area contributed by atoms with E-state index >= 15 is 0 Å². The summed E-state index contributed by atoms with van der Waals surface area (Å²) in [5.41, 5.74) is 0. The summed E-state index contributed by atoms with van der Waals surface area (Å²) >= 11 is 0. The number of nitrogens with one attached hydrogen (secondary N) is 1. The van der Waals surface area contributed by atoms with Crippen LogP contribution in [0.5, 0.6) is 0 Å². The van der Waals surface area contributed by atoms with Crippen molar-refractivity contribution in [1.29, 1.82) is 0 Å². The highest BCUT2D eigenvalue weighted by Gasteiger charge is 2.63. The van der Waals surface area contributed by atoms with Crippen molar-refractivity contribution in [2.24, 2.45) is 29.6 Å². The van der Waals surface area contributed by atoms with Gasteiger partial charge in [-0.15, -0.1) is 0 Å². The molecule has 0 aromatic carbocycles. The Kier molecular flexibility index (Phi) is 2.67. The first-order valence-corrected chi connectivity index (χ1v) is 8.10. The molecular formula is C16H25NO. The molecule has 5 fully saturated rings. The fourth-order valence-corrected chi connectivity index (χ4v) is 5.38. The van der Waals surface area contributed by atoms with Crippen LogP contribution in [0.15, 0.2) is 0 Å². The van der Waals surface area contributed by atoms with E-state index in [1.807, 2.05) is 0 Å². The van der Waals surface area contributed by atoms with Gasteiger partial charge in [-0.1, -0.05) is 25.7 Å². The van der Waals surface area contributed by atoms with Crippen LogP contribution in [0, 0.1) is 29.6 Å². The van der Waals surface area contributed by atoms with E-state index in [9.17, 15) is 4.79 Å². The highest BCUT2D eigenvalue weighted by molar-refractivity contribution is 5.76. The Hall–Kier alpha value is -0.530. The number of carbonyl (C=O) groups is 1. The van der Waals surface area contributed by atoms with Crippen molar-refractivity contribution < 1.29 is 4.79 Å². The molecule has 5 aliphatic rings. The molecule has 2 heteroatoms. The van der Waals surface area contributed by atoms with Crippen molar-refractivity contribution in [3.8, 4) is 0 Å². The summed E-state index contributed by atoms with van der Waals surface area (Å²) in [6.07, 6.45) is 11.7. The molecule has 2 nitrogen and oxygen atoms in total. The molecule has 4 bridgehead atoms. The first-order valence-electron chi connectivity index (χ1n) is 8.10. The third kappa shape index (κ3) is 1.88. The smallest absolute Gasteiger partial charge is 0.220 e. The summed E-state index contributed by atoms with van der Waals surface area (Å²) < 4.78 is 0. The predicted octanol–water partition coefficient (Wildman–Crippen LogP) is 3.12. The zero-order valence-corrected chi connectivity index (χ0v) is 11.2. The second kappa shape index (κ2) is 4.25. The van der Waals surface area contributed by atoms with Crippen LogP contribution < -0.4 is 5.32 Å². The Morgan fingerprint density at radius 1 is 1.06 bits per heavy atom. The summed E-state index contributed by atoms with van der Waals surface area (Å²) in [4.78, 5) is 12.0. The molecule has 0 radical (unpaired) electrons. The standard InChI is InChI=1S/C16H25NO/c18-15(6-5-10-3-1-2-4-10)17-14-9-11-7-12-13(8-11)16(12)14/h10-14,16H,1-9H2,(H,17,18). The molecule has 0 aliphatic heterocycles. The average Bonchev–Trinajstić information content (AvgIpc) is 2.80. The monoisotopic (exact) mass is 247 g/mol. The fraction of sp³-hybridized carbons (Fsp3) is 0.938. The first kappa shape index (κ1) is 11.3. The molecule has 3 unspecified atom stereocenters. The fourth-order valence-electron chi connectivity index (χ4n) is 5.38. The van der Waals surface area contributed by atoms with Crippen LogP contribution in [0.4, 0.5) is 0 Å². The Labute approximate surface area is 110 Å². The molecule has 0 spiro atoms. The molecular weight excluding hydrogens is 222 g/mol. The van der Waals surface area contributed by atoms with Gasteiger partial charge in [-0.05, 0) is 55.3 Å². The maximum absolute atomic E-state index is 12.0. The van der Waals surface area contributed by atoms with E-state index in [2.05, 4.69) is 5.32 Å². The van der Waals surface area contributed by atoms with Crippen LogP contribution in [0.1, 0.15) is 57.8 Å². The lowest BCUT2D eigenvalue weighted by atomic mass is 9.82. The topological polar surface area (TPSA) is 29.1 Å². The van der Waals surface area contributed by atoms with Crippen molar-refractivity contribution in [3.63, 3.8) is 0 Å². The van der Waals surface area contributed by atoms with Crippen molar-refractivity contribution >= 4 is 5.91 Å². The van der Waals surface area contributed by atoms with Crippen molar-refractivity contribution in [1.82, 2.24) is 5.32 Å². The van der Waals surface area contributed by atoms with Gasteiger partial charge in [0.05, 0.1) is 0 Å². The van der Waals surface area contributed by atoms with Gasteiger partial charge in [-0.3, -0.25) is 4.79 Å². The van der Waals surface area contributed by atoms with Crippen LogP contribution in [-0.2, 0) is 4.79 Å². The van der Waals surface area contributed by atoms with Crippen LogP contribution in [0.3, 0.4) is 0 Å². The van der Waals surface area contributed by atoms with E-state index in [-0.39, 0.29) is 0 Å². The van der Waals surface area contributed by atoms with Gasteiger partial charge in [0, 0.05) is 12.5 Å². The molecule has 5 aliphatic carbocycles. The molecule has 0 aromatic rings. The quantitative estimate of drug-likeness (QED) is 0.812. The first-order chi connectivity index (χ1) is 8.81. The zero-order valence-electron chi connectivity index (χ0n) is 11.2. The Balaban J connectivity index is 1.24. The molecule has 1 amide bonds. The molecule has 0 saturated heterocycles. The van der Waals surface area contributed by atoms with E-state index < -0.39 is 0 Å².